The van der Waals surface area contributed by atoms with Crippen molar-refractivity contribution in [2.45, 2.75) is 0 Å². The van der Waals surface area contributed by atoms with Crippen molar-refractivity contribution in [2.75, 3.05) is 6.93 Å². The molecule has 0 heterocycles. The molecular weight excluding hydrogens is 116 g/mol. The number of hydrogen-bond donors (Lipinski definition) is 3. The third-order valence-electron chi connectivity index (χ3n) is 0. The van der Waals surface area contributed by atoms with E-state index in [1.165, 1.54) is 0 Å². The van der Waals surface area contributed by atoms with Gasteiger partial charge in [-0.2, -0.15) is 0 Å². The molecule has 0 aromatic heterocycles. The van der Waals surface area contributed by atoms with E-state index in [0.717, 1.165) is 0 Å². The van der Waals surface area contributed by atoms with Crippen LogP contribution < -0.4 is 0 Å². The zero-order valence-corrected chi connectivity index (χ0v) is 3.38. The first kappa shape index (κ1) is 15.8. The summed E-state index contributed by atoms with van der Waals surface area (Å²) < 4.78 is 19.2. The Hall–Kier alpha value is 0.402. The van der Waals surface area contributed by atoms with E-state index in [1.54, 1.807) is 0 Å². The molecule has 0 fully saturated rings. The Kier molecular flexibility index (Phi) is 30.9. The zero-order chi connectivity index (χ0) is 6.28. The molecule has 0 saturated carbocycles. The predicted octanol–water partition coefficient (Wildman–Crippen LogP) is -1.82. The van der Waals surface area contributed by atoms with Crippen LogP contribution in [0.3, 0.4) is 0 Å². The van der Waals surface area contributed by atoms with Crippen LogP contribution in [0.1, 0.15) is 0 Å². The molecule has 3 N–H and O–H groups in total. The molecule has 0 aliphatic heterocycles. The van der Waals surface area contributed by atoms with Crippen LogP contribution in [-0.2, 0) is 0 Å². The molecule has 7 heteroatoms. The van der Waals surface area contributed by atoms with Crippen molar-refractivity contribution in [3.8, 4) is 0 Å². The van der Waals surface area contributed by atoms with Crippen molar-refractivity contribution in [1.82, 2.24) is 0 Å². The average Bonchev–Trinajstić information content (AvgIpc) is 1.33. The molecule has 0 aliphatic carbocycles. The van der Waals surface area contributed by atoms with Crippen molar-refractivity contribution < 1.29 is 23.9 Å². The van der Waals surface area contributed by atoms with Gasteiger partial charge in [-0.25, -0.2) is 8.78 Å². The maximum absolute atomic E-state index is 9.62. The number of alkyl halides is 2. The van der Waals surface area contributed by atoms with Gasteiger partial charge in [0.1, 0.15) is 0 Å². The summed E-state index contributed by atoms with van der Waals surface area (Å²) in [5.41, 5.74) is 0. The van der Waals surface area contributed by atoms with Crippen LogP contribution in [0.4, 0.5) is 8.78 Å². The van der Waals surface area contributed by atoms with Crippen molar-refractivity contribution >= 4 is 26.2 Å². The van der Waals surface area contributed by atoms with Crippen LogP contribution in [0.15, 0.2) is 0 Å². The first-order valence-corrected chi connectivity index (χ1v) is 1.31. The minimum atomic E-state index is -2.17. The molecule has 0 saturated heterocycles. The second-order valence-electron chi connectivity index (χ2n) is 0.447. The molecule has 0 aromatic carbocycles. The first-order valence-electron chi connectivity index (χ1n) is 1.31. The second-order valence-corrected chi connectivity index (χ2v) is 0.447. The van der Waals surface area contributed by atoms with Crippen molar-refractivity contribution in [3.63, 3.8) is 0 Å². The van der Waals surface area contributed by atoms with Gasteiger partial charge in [-0.15, -0.1) is 0 Å². The molecule has 0 aliphatic rings. The third-order valence-corrected chi connectivity index (χ3v) is 0. The van der Waals surface area contributed by atoms with Gasteiger partial charge >= 0.3 is 26.2 Å². The van der Waals surface area contributed by atoms with Crippen molar-refractivity contribution in [1.29, 1.82) is 0 Å². The number of rotatable bonds is 0. The Balaban J connectivity index is -0.0000000575. The normalized spacial score (nSPS) is 5.62. The van der Waals surface area contributed by atoms with Crippen LogP contribution in [0.25, 0.3) is 0 Å². The van der Waals surface area contributed by atoms with Crippen LogP contribution in [0, 0.1) is 0 Å². The summed E-state index contributed by atoms with van der Waals surface area (Å²) in [6.45, 7) is -1.75. The Morgan fingerprint density at radius 3 is 1.12 bits per heavy atom. The maximum atomic E-state index is 9.62. The van der Waals surface area contributed by atoms with Crippen LogP contribution >= 0.6 is 0 Å². The molecule has 0 unspecified atom stereocenters. The van der Waals surface area contributed by atoms with Gasteiger partial charge in [0.05, 0.1) is 0 Å². The third kappa shape index (κ3) is 1150. The van der Waals surface area contributed by atoms with E-state index in [0.29, 0.717) is 0 Å². The Morgan fingerprint density at radius 1 is 1.12 bits per heavy atom. The molecule has 3 nitrogen and oxygen atoms in total. The van der Waals surface area contributed by atoms with Crippen molar-refractivity contribution in [3.05, 3.63) is 0 Å². The molecular formula is CH6BF2LiO3. The molecule has 0 radical (unpaired) electrons. The van der Waals surface area contributed by atoms with E-state index in [2.05, 4.69) is 0 Å². The Morgan fingerprint density at radius 2 is 1.12 bits per heavy atom. The summed E-state index contributed by atoms with van der Waals surface area (Å²) in [6.07, 6.45) is 0. The van der Waals surface area contributed by atoms with Crippen LogP contribution in [-0.4, -0.2) is 48.2 Å². The van der Waals surface area contributed by atoms with E-state index in [9.17, 15) is 8.78 Å². The van der Waals surface area contributed by atoms with E-state index in [-0.39, 0.29) is 18.9 Å². The van der Waals surface area contributed by atoms with E-state index < -0.39 is 14.2 Å². The first-order chi connectivity index (χ1) is 3.15. The van der Waals surface area contributed by atoms with Gasteiger partial charge in [0.15, 0.2) is 0 Å². The van der Waals surface area contributed by atoms with E-state index >= 15 is 0 Å². The van der Waals surface area contributed by atoms with Crippen molar-refractivity contribution in [2.24, 2.45) is 0 Å². The van der Waals surface area contributed by atoms with E-state index in [1.807, 2.05) is 0 Å². The molecule has 8 heavy (non-hydrogen) atoms. The summed E-state index contributed by atoms with van der Waals surface area (Å²) in [7, 11) is -2.17. The van der Waals surface area contributed by atoms with Gasteiger partial charge in [-0.3, -0.25) is 0 Å². The minimum absolute atomic E-state index is 0. The second kappa shape index (κ2) is 15.7. The quantitative estimate of drug-likeness (QED) is 0.331. The summed E-state index contributed by atoms with van der Waals surface area (Å²) in [4.78, 5) is 0. The summed E-state index contributed by atoms with van der Waals surface area (Å²) in [6, 6.07) is 0. The summed E-state index contributed by atoms with van der Waals surface area (Å²) >= 11 is 0. The van der Waals surface area contributed by atoms with Gasteiger partial charge in [-0.1, -0.05) is 0 Å². The fourth-order valence-electron chi connectivity index (χ4n) is 0. The summed E-state index contributed by atoms with van der Waals surface area (Å²) in [5.74, 6) is 0. The molecule has 0 rings (SSSR count). The van der Waals surface area contributed by atoms with Crippen LogP contribution in [0.2, 0.25) is 0 Å². The van der Waals surface area contributed by atoms with Gasteiger partial charge in [0.25, 0.3) is 0 Å². The van der Waals surface area contributed by atoms with E-state index in [4.69, 9.17) is 15.1 Å². The number of halogens is 2. The average molecular weight is 122 g/mol. The molecule has 0 bridgehead atoms. The Labute approximate surface area is 57.7 Å². The van der Waals surface area contributed by atoms with Gasteiger partial charge in [0, 0.05) is 0 Å². The Bertz CT molecular complexity index is 28.5. The SMILES string of the molecule is FCF.OB(O)O.[LiH]. The molecule has 0 aromatic rings. The fraction of sp³-hybridized carbons (Fsp3) is 1.00. The number of hydrogen-bond acceptors (Lipinski definition) is 3. The van der Waals surface area contributed by atoms with Crippen LogP contribution in [0.5, 0.6) is 0 Å². The molecule has 46 valence electrons. The monoisotopic (exact) mass is 122 g/mol. The van der Waals surface area contributed by atoms with Gasteiger partial charge in [-0.05, 0) is 0 Å². The van der Waals surface area contributed by atoms with Gasteiger partial charge < -0.3 is 15.1 Å². The van der Waals surface area contributed by atoms with Gasteiger partial charge in [0.2, 0.25) is 6.93 Å². The molecule has 0 amide bonds. The topological polar surface area (TPSA) is 60.7 Å². The predicted molar refractivity (Wildman–Crippen MR) is 26.6 cm³/mol. The molecule has 0 atom stereocenters. The summed E-state index contributed by atoms with van der Waals surface area (Å²) in [5, 5.41) is 21.5. The fourth-order valence-corrected chi connectivity index (χ4v) is 0. The standard InChI is InChI=1S/CH2F2.BH3O3.Li.H/c2-1-3;2-1(3)4;;/h1H2;2-4H;;. The molecule has 0 spiro atoms. The zero-order valence-electron chi connectivity index (χ0n) is 3.38.